The molecule has 0 aliphatic rings. The van der Waals surface area contributed by atoms with Crippen LogP contribution in [0.25, 0.3) is 10.2 Å². The normalized spacial score (nSPS) is 11.7. The van der Waals surface area contributed by atoms with Gasteiger partial charge in [0.05, 0.1) is 10.2 Å². The molecular formula is C19H24FN5OS. The van der Waals surface area contributed by atoms with Crippen LogP contribution in [0, 0.1) is 5.82 Å². The van der Waals surface area contributed by atoms with Crippen molar-refractivity contribution < 1.29 is 9.18 Å². The van der Waals surface area contributed by atoms with Crippen molar-refractivity contribution in [1.82, 2.24) is 19.7 Å². The number of fused-ring (bicyclic) bond motifs is 1. The molecule has 0 atom stereocenters. The van der Waals surface area contributed by atoms with Crippen molar-refractivity contribution >= 4 is 32.6 Å². The molecule has 2 aromatic heterocycles. The predicted octanol–water partition coefficient (Wildman–Crippen LogP) is 3.81. The van der Waals surface area contributed by atoms with Crippen molar-refractivity contribution in [2.24, 2.45) is 0 Å². The van der Waals surface area contributed by atoms with E-state index in [1.807, 2.05) is 27.9 Å². The van der Waals surface area contributed by atoms with E-state index in [-0.39, 0.29) is 17.8 Å². The third kappa shape index (κ3) is 4.33. The van der Waals surface area contributed by atoms with Crippen molar-refractivity contribution in [3.05, 3.63) is 42.0 Å². The molecule has 27 heavy (non-hydrogen) atoms. The third-order valence-corrected chi connectivity index (χ3v) is 5.22. The predicted molar refractivity (Wildman–Crippen MR) is 107 cm³/mol. The molecule has 0 unspecified atom stereocenters. The van der Waals surface area contributed by atoms with Crippen LogP contribution >= 0.6 is 11.3 Å². The summed E-state index contributed by atoms with van der Waals surface area (Å²) in [5, 5.41) is 4.85. The van der Waals surface area contributed by atoms with Crippen LogP contribution in [0.15, 0.2) is 30.5 Å². The van der Waals surface area contributed by atoms with Crippen LogP contribution in [0.4, 0.5) is 9.52 Å². The van der Waals surface area contributed by atoms with Gasteiger partial charge in [0.1, 0.15) is 11.5 Å². The van der Waals surface area contributed by atoms with Gasteiger partial charge in [-0.1, -0.05) is 11.3 Å². The van der Waals surface area contributed by atoms with E-state index in [0.29, 0.717) is 22.9 Å². The number of rotatable bonds is 7. The summed E-state index contributed by atoms with van der Waals surface area (Å²) in [6, 6.07) is 6.29. The Morgan fingerprint density at radius 2 is 2.04 bits per heavy atom. The van der Waals surface area contributed by atoms with Gasteiger partial charge in [0.25, 0.3) is 5.91 Å². The average molecular weight is 390 g/mol. The van der Waals surface area contributed by atoms with Crippen LogP contribution in [-0.2, 0) is 0 Å². The van der Waals surface area contributed by atoms with Crippen LogP contribution in [0.1, 0.15) is 36.8 Å². The molecule has 0 aliphatic carbocycles. The lowest BCUT2D eigenvalue weighted by Crippen LogP contribution is -2.35. The minimum atomic E-state index is -0.305. The van der Waals surface area contributed by atoms with Gasteiger partial charge in [-0.3, -0.25) is 14.4 Å². The standard InChI is InChI=1S/C19H24FN5OS/c1-13(2)25-16(8-9-21-25)18(26)24(11-5-10-23(3)4)19-22-15-7-6-14(20)12-17(15)27-19/h6-9,12-13H,5,10-11H2,1-4H3. The second kappa shape index (κ2) is 8.14. The first-order chi connectivity index (χ1) is 12.9. The van der Waals surface area contributed by atoms with Gasteiger partial charge in [-0.15, -0.1) is 0 Å². The highest BCUT2D eigenvalue weighted by Gasteiger charge is 2.24. The van der Waals surface area contributed by atoms with Crippen LogP contribution in [-0.4, -0.2) is 52.8 Å². The van der Waals surface area contributed by atoms with E-state index < -0.39 is 0 Å². The minimum Gasteiger partial charge on any atom is -0.309 e. The molecule has 3 rings (SSSR count). The number of thiazole rings is 1. The van der Waals surface area contributed by atoms with Crippen molar-refractivity contribution in [2.45, 2.75) is 26.3 Å². The number of hydrogen-bond acceptors (Lipinski definition) is 5. The zero-order valence-electron chi connectivity index (χ0n) is 16.0. The van der Waals surface area contributed by atoms with Crippen LogP contribution < -0.4 is 4.90 Å². The van der Waals surface area contributed by atoms with Gasteiger partial charge < -0.3 is 4.90 Å². The van der Waals surface area contributed by atoms with Gasteiger partial charge >= 0.3 is 0 Å². The number of hydrogen-bond donors (Lipinski definition) is 0. The van der Waals surface area contributed by atoms with Gasteiger partial charge in [-0.2, -0.15) is 5.10 Å². The molecule has 0 saturated carbocycles. The summed E-state index contributed by atoms with van der Waals surface area (Å²) in [5.41, 5.74) is 1.22. The first-order valence-corrected chi connectivity index (χ1v) is 9.74. The number of anilines is 1. The summed E-state index contributed by atoms with van der Waals surface area (Å²) in [6.45, 7) is 5.36. The Labute approximate surface area is 162 Å². The molecule has 8 heteroatoms. The number of carbonyl (C=O) groups is 1. The van der Waals surface area contributed by atoms with Crippen molar-refractivity contribution in [1.29, 1.82) is 0 Å². The first kappa shape index (κ1) is 19.4. The Hall–Kier alpha value is -2.32. The number of aromatic nitrogens is 3. The Morgan fingerprint density at radius 1 is 1.26 bits per heavy atom. The lowest BCUT2D eigenvalue weighted by atomic mass is 10.3. The quantitative estimate of drug-likeness (QED) is 0.617. The molecule has 1 amide bonds. The molecule has 1 aromatic carbocycles. The molecule has 6 nitrogen and oxygen atoms in total. The van der Waals surface area contributed by atoms with Gasteiger partial charge in [0.15, 0.2) is 5.13 Å². The maximum absolute atomic E-state index is 13.5. The summed E-state index contributed by atoms with van der Waals surface area (Å²) in [5.74, 6) is -0.444. The van der Waals surface area contributed by atoms with E-state index in [4.69, 9.17) is 0 Å². The third-order valence-electron chi connectivity index (χ3n) is 4.18. The fraction of sp³-hybridized carbons (Fsp3) is 0.421. The number of nitrogens with zero attached hydrogens (tertiary/aromatic N) is 5. The van der Waals surface area contributed by atoms with Gasteiger partial charge in [-0.05, 0) is 65.2 Å². The largest absolute Gasteiger partial charge is 0.309 e. The van der Waals surface area contributed by atoms with Crippen LogP contribution in [0.3, 0.4) is 0 Å². The average Bonchev–Trinajstić information content (AvgIpc) is 3.24. The zero-order chi connectivity index (χ0) is 19.6. The number of halogens is 1. The summed E-state index contributed by atoms with van der Waals surface area (Å²) < 4.78 is 16.0. The molecule has 2 heterocycles. The monoisotopic (exact) mass is 389 g/mol. The fourth-order valence-corrected chi connectivity index (χ4v) is 3.88. The van der Waals surface area contributed by atoms with Crippen LogP contribution in [0.5, 0.6) is 0 Å². The number of amides is 1. The summed E-state index contributed by atoms with van der Waals surface area (Å²) in [4.78, 5) is 21.6. The number of carbonyl (C=O) groups excluding carboxylic acids is 1. The summed E-state index contributed by atoms with van der Waals surface area (Å²) >= 11 is 1.33. The maximum atomic E-state index is 13.5. The zero-order valence-corrected chi connectivity index (χ0v) is 16.8. The second-order valence-corrected chi connectivity index (χ2v) is 7.99. The molecule has 0 aliphatic heterocycles. The van der Waals surface area contributed by atoms with Gasteiger partial charge in [0.2, 0.25) is 0 Å². The molecule has 0 fully saturated rings. The SMILES string of the molecule is CC(C)n1nccc1C(=O)N(CCCN(C)C)c1nc2ccc(F)cc2s1. The Morgan fingerprint density at radius 3 is 2.74 bits per heavy atom. The highest BCUT2D eigenvalue weighted by molar-refractivity contribution is 7.22. The Balaban J connectivity index is 1.96. The molecule has 0 bridgehead atoms. The van der Waals surface area contributed by atoms with E-state index in [1.54, 1.807) is 27.9 Å². The van der Waals surface area contributed by atoms with E-state index in [2.05, 4.69) is 15.0 Å². The molecule has 3 aromatic rings. The summed E-state index contributed by atoms with van der Waals surface area (Å²) in [6.07, 6.45) is 2.44. The molecule has 0 spiro atoms. The lowest BCUT2D eigenvalue weighted by Gasteiger charge is -2.22. The van der Waals surface area contributed by atoms with E-state index in [9.17, 15) is 9.18 Å². The molecule has 144 valence electrons. The molecule has 0 N–H and O–H groups in total. The second-order valence-electron chi connectivity index (χ2n) is 6.98. The van der Waals surface area contributed by atoms with Gasteiger partial charge in [-0.25, -0.2) is 9.37 Å². The van der Waals surface area contributed by atoms with E-state index in [0.717, 1.165) is 17.7 Å². The maximum Gasteiger partial charge on any atom is 0.278 e. The van der Waals surface area contributed by atoms with Crippen molar-refractivity contribution in [2.75, 3.05) is 32.1 Å². The van der Waals surface area contributed by atoms with Crippen LogP contribution in [0.2, 0.25) is 0 Å². The first-order valence-electron chi connectivity index (χ1n) is 8.93. The summed E-state index contributed by atoms with van der Waals surface area (Å²) in [7, 11) is 4.00. The van der Waals surface area contributed by atoms with Gasteiger partial charge in [0, 0.05) is 18.8 Å². The van der Waals surface area contributed by atoms with Crippen molar-refractivity contribution in [3.63, 3.8) is 0 Å². The Kier molecular flexibility index (Phi) is 5.86. The minimum absolute atomic E-state index is 0.0760. The highest BCUT2D eigenvalue weighted by atomic mass is 32.1. The molecule has 0 saturated heterocycles. The topological polar surface area (TPSA) is 54.3 Å². The Bertz CT molecular complexity index is 933. The lowest BCUT2D eigenvalue weighted by molar-refractivity contribution is 0.0974. The fourth-order valence-electron chi connectivity index (χ4n) is 2.86. The smallest absolute Gasteiger partial charge is 0.278 e. The molecule has 0 radical (unpaired) electrons. The van der Waals surface area contributed by atoms with Crippen molar-refractivity contribution in [3.8, 4) is 0 Å². The highest BCUT2D eigenvalue weighted by Crippen LogP contribution is 2.30. The number of benzene rings is 1. The van der Waals surface area contributed by atoms with E-state index >= 15 is 0 Å². The molecular weight excluding hydrogens is 365 g/mol. The van der Waals surface area contributed by atoms with E-state index in [1.165, 1.54) is 23.5 Å².